The number of benzene rings is 1. The molecule has 1 fully saturated rings. The minimum Gasteiger partial charge on any atom is -0.495 e. The Morgan fingerprint density at radius 1 is 1.24 bits per heavy atom. The van der Waals surface area contributed by atoms with E-state index in [1.54, 1.807) is 7.11 Å². The monoisotopic (exact) mass is 290 g/mol. The lowest BCUT2D eigenvalue weighted by atomic mass is 9.75. The first-order chi connectivity index (χ1) is 9.89. The highest BCUT2D eigenvalue weighted by atomic mass is 16.5. The zero-order chi connectivity index (χ0) is 15.5. The second kappa shape index (κ2) is 6.69. The third-order valence-corrected chi connectivity index (χ3v) is 4.46. The van der Waals surface area contributed by atoms with Gasteiger partial charge in [-0.3, -0.25) is 0 Å². The topological polar surface area (TPSA) is 24.5 Å². The van der Waals surface area contributed by atoms with Gasteiger partial charge in [0, 0.05) is 12.6 Å². The van der Waals surface area contributed by atoms with Crippen LogP contribution in [0.4, 0.5) is 5.69 Å². The minimum absolute atomic E-state index is 0.509. The van der Waals surface area contributed by atoms with Crippen LogP contribution in [0.1, 0.15) is 45.1 Å². The van der Waals surface area contributed by atoms with Gasteiger partial charge in [-0.1, -0.05) is 19.9 Å². The van der Waals surface area contributed by atoms with Crippen LogP contribution in [0, 0.1) is 5.41 Å². The maximum Gasteiger partial charge on any atom is 0.141 e. The zero-order valence-electron chi connectivity index (χ0n) is 14.2. The number of hydrogen-bond donors (Lipinski definition) is 1. The van der Waals surface area contributed by atoms with E-state index in [1.807, 2.05) is 0 Å². The van der Waals surface area contributed by atoms with Crippen LogP contribution in [0.25, 0.3) is 0 Å². The Morgan fingerprint density at radius 3 is 2.48 bits per heavy atom. The number of ether oxygens (including phenoxy) is 1. The molecule has 0 unspecified atom stereocenters. The Labute approximate surface area is 129 Å². The van der Waals surface area contributed by atoms with Crippen molar-refractivity contribution in [2.45, 2.75) is 52.1 Å². The molecule has 1 N–H and O–H groups in total. The fraction of sp³-hybridized carbons (Fsp3) is 0.667. The molecule has 1 aliphatic rings. The van der Waals surface area contributed by atoms with Crippen molar-refractivity contribution in [3.05, 3.63) is 23.8 Å². The summed E-state index contributed by atoms with van der Waals surface area (Å²) in [5.41, 5.74) is 2.97. The number of hydrogen-bond acceptors (Lipinski definition) is 3. The third kappa shape index (κ3) is 4.63. The molecule has 0 radical (unpaired) electrons. The second-order valence-electron chi connectivity index (χ2n) is 7.36. The standard InChI is InChI=1S/C18H30N2O/c1-18(2)10-8-15(9-11-18)19-16-12-14(13-20(3)4)6-7-17(16)21-5/h6-7,12,15,19H,8-11,13H2,1-5H3. The smallest absolute Gasteiger partial charge is 0.141 e. The van der Waals surface area contributed by atoms with Crippen molar-refractivity contribution in [2.75, 3.05) is 26.5 Å². The molecular weight excluding hydrogens is 260 g/mol. The van der Waals surface area contributed by atoms with Crippen LogP contribution in [0.2, 0.25) is 0 Å². The van der Waals surface area contributed by atoms with E-state index in [2.05, 4.69) is 56.4 Å². The highest BCUT2D eigenvalue weighted by Gasteiger charge is 2.27. The SMILES string of the molecule is COc1ccc(CN(C)C)cc1NC1CCC(C)(C)CC1. The van der Waals surface area contributed by atoms with E-state index in [1.165, 1.54) is 31.2 Å². The molecule has 0 aliphatic heterocycles. The lowest BCUT2D eigenvalue weighted by molar-refractivity contribution is 0.232. The molecule has 3 heteroatoms. The van der Waals surface area contributed by atoms with Gasteiger partial charge in [-0.25, -0.2) is 0 Å². The third-order valence-electron chi connectivity index (χ3n) is 4.46. The summed E-state index contributed by atoms with van der Waals surface area (Å²) in [7, 11) is 5.94. The van der Waals surface area contributed by atoms with E-state index in [0.717, 1.165) is 18.0 Å². The van der Waals surface area contributed by atoms with Gasteiger partial charge in [-0.05, 0) is 62.9 Å². The van der Waals surface area contributed by atoms with Crippen LogP contribution < -0.4 is 10.1 Å². The average molecular weight is 290 g/mol. The highest BCUT2D eigenvalue weighted by Crippen LogP contribution is 2.37. The van der Waals surface area contributed by atoms with Gasteiger partial charge in [0.15, 0.2) is 0 Å². The molecule has 0 amide bonds. The van der Waals surface area contributed by atoms with Gasteiger partial charge in [-0.2, -0.15) is 0 Å². The van der Waals surface area contributed by atoms with Crippen LogP contribution >= 0.6 is 0 Å². The predicted octanol–water partition coefficient (Wildman–Crippen LogP) is 4.14. The van der Waals surface area contributed by atoms with Gasteiger partial charge in [0.2, 0.25) is 0 Å². The van der Waals surface area contributed by atoms with E-state index in [0.29, 0.717) is 11.5 Å². The van der Waals surface area contributed by atoms with Crippen molar-refractivity contribution < 1.29 is 4.74 Å². The first-order valence-corrected chi connectivity index (χ1v) is 7.98. The summed E-state index contributed by atoms with van der Waals surface area (Å²) in [5, 5.41) is 3.71. The van der Waals surface area contributed by atoms with E-state index in [9.17, 15) is 0 Å². The van der Waals surface area contributed by atoms with Crippen LogP contribution in [-0.4, -0.2) is 32.1 Å². The average Bonchev–Trinajstić information content (AvgIpc) is 2.41. The second-order valence-corrected chi connectivity index (χ2v) is 7.36. The molecule has 2 rings (SSSR count). The normalized spacial score (nSPS) is 18.8. The maximum atomic E-state index is 5.51. The summed E-state index contributed by atoms with van der Waals surface area (Å²) in [6.45, 7) is 5.71. The van der Waals surface area contributed by atoms with Crippen molar-refractivity contribution >= 4 is 5.69 Å². The van der Waals surface area contributed by atoms with Crippen molar-refractivity contribution in [3.63, 3.8) is 0 Å². The quantitative estimate of drug-likeness (QED) is 0.882. The Kier molecular flexibility index (Phi) is 5.15. The van der Waals surface area contributed by atoms with Gasteiger partial charge in [0.05, 0.1) is 12.8 Å². The lowest BCUT2D eigenvalue weighted by Gasteiger charge is -2.35. The van der Waals surface area contributed by atoms with E-state index in [-0.39, 0.29) is 0 Å². The fourth-order valence-electron chi connectivity index (χ4n) is 3.09. The van der Waals surface area contributed by atoms with E-state index >= 15 is 0 Å². The maximum absolute atomic E-state index is 5.51. The van der Waals surface area contributed by atoms with Gasteiger partial charge in [0.1, 0.15) is 5.75 Å². The number of methoxy groups -OCH3 is 1. The number of anilines is 1. The van der Waals surface area contributed by atoms with Gasteiger partial charge < -0.3 is 15.0 Å². The fourth-order valence-corrected chi connectivity index (χ4v) is 3.09. The molecule has 1 aromatic rings. The number of nitrogens with zero attached hydrogens (tertiary/aromatic N) is 1. The lowest BCUT2D eigenvalue weighted by Crippen LogP contribution is -2.30. The largest absolute Gasteiger partial charge is 0.495 e. The minimum atomic E-state index is 0.509. The van der Waals surface area contributed by atoms with E-state index in [4.69, 9.17) is 4.74 Å². The molecule has 1 aromatic carbocycles. The van der Waals surface area contributed by atoms with Crippen LogP contribution in [0.3, 0.4) is 0 Å². The summed E-state index contributed by atoms with van der Waals surface area (Å²) in [6.07, 6.45) is 5.08. The summed E-state index contributed by atoms with van der Waals surface area (Å²) < 4.78 is 5.51. The Bertz CT molecular complexity index is 458. The molecule has 0 spiro atoms. The molecule has 1 saturated carbocycles. The molecule has 21 heavy (non-hydrogen) atoms. The number of nitrogens with one attached hydrogen (secondary N) is 1. The first kappa shape index (κ1) is 16.2. The molecule has 0 saturated heterocycles. The van der Waals surface area contributed by atoms with Crippen molar-refractivity contribution in [1.82, 2.24) is 4.90 Å². The summed E-state index contributed by atoms with van der Waals surface area (Å²) in [4.78, 5) is 2.19. The van der Waals surface area contributed by atoms with Gasteiger partial charge in [0.25, 0.3) is 0 Å². The Hall–Kier alpha value is -1.22. The Morgan fingerprint density at radius 2 is 1.90 bits per heavy atom. The molecule has 0 atom stereocenters. The molecule has 3 nitrogen and oxygen atoms in total. The van der Waals surface area contributed by atoms with Crippen LogP contribution in [0.15, 0.2) is 18.2 Å². The predicted molar refractivity (Wildman–Crippen MR) is 90.0 cm³/mol. The first-order valence-electron chi connectivity index (χ1n) is 7.98. The molecule has 0 aromatic heterocycles. The van der Waals surface area contributed by atoms with Crippen molar-refractivity contribution in [1.29, 1.82) is 0 Å². The Balaban J connectivity index is 2.07. The highest BCUT2D eigenvalue weighted by molar-refractivity contribution is 5.58. The summed E-state index contributed by atoms with van der Waals surface area (Å²) in [5.74, 6) is 0.947. The summed E-state index contributed by atoms with van der Waals surface area (Å²) in [6, 6.07) is 7.03. The van der Waals surface area contributed by atoms with Crippen LogP contribution in [0.5, 0.6) is 5.75 Å². The molecule has 1 aliphatic carbocycles. The molecule has 0 heterocycles. The molecule has 118 valence electrons. The van der Waals surface area contributed by atoms with Crippen LogP contribution in [-0.2, 0) is 6.54 Å². The van der Waals surface area contributed by atoms with Gasteiger partial charge in [-0.15, -0.1) is 0 Å². The van der Waals surface area contributed by atoms with Crippen molar-refractivity contribution in [3.8, 4) is 5.75 Å². The zero-order valence-corrected chi connectivity index (χ0v) is 14.2. The van der Waals surface area contributed by atoms with E-state index < -0.39 is 0 Å². The summed E-state index contributed by atoms with van der Waals surface area (Å²) >= 11 is 0. The van der Waals surface area contributed by atoms with Gasteiger partial charge >= 0.3 is 0 Å². The molecule has 0 bridgehead atoms. The number of rotatable bonds is 5. The molecular formula is C18H30N2O. The van der Waals surface area contributed by atoms with Crippen molar-refractivity contribution in [2.24, 2.45) is 5.41 Å².